The van der Waals surface area contributed by atoms with Crippen LogP contribution in [0.4, 0.5) is 0 Å². The minimum absolute atomic E-state index is 0.650. The van der Waals surface area contributed by atoms with E-state index in [0.717, 1.165) is 33.1 Å². The molecule has 2 aromatic heterocycles. The van der Waals surface area contributed by atoms with Gasteiger partial charge in [0.1, 0.15) is 5.52 Å². The van der Waals surface area contributed by atoms with E-state index >= 15 is 0 Å². The highest BCUT2D eigenvalue weighted by molar-refractivity contribution is 6.04. The van der Waals surface area contributed by atoms with Gasteiger partial charge in [-0.1, -0.05) is 30.3 Å². The predicted molar refractivity (Wildman–Crippen MR) is 96.2 cm³/mol. The van der Waals surface area contributed by atoms with Gasteiger partial charge < -0.3 is 9.47 Å². The average molecular weight is 334 g/mol. The van der Waals surface area contributed by atoms with Crippen LogP contribution in [0.15, 0.2) is 42.6 Å². The van der Waals surface area contributed by atoms with Gasteiger partial charge in [-0.15, -0.1) is 10.2 Å². The van der Waals surface area contributed by atoms with Crippen LogP contribution in [0.3, 0.4) is 0 Å². The highest BCUT2D eigenvalue weighted by Gasteiger charge is 2.17. The SMILES string of the molecule is COc1cc2c(nnc3c2cnn3Cc2ccccc2)c(C)c1OC. The van der Waals surface area contributed by atoms with Gasteiger partial charge in [-0.2, -0.15) is 5.10 Å². The Bertz CT molecular complexity index is 1060. The normalized spacial score (nSPS) is 11.2. The molecule has 0 aliphatic rings. The van der Waals surface area contributed by atoms with E-state index in [1.807, 2.05) is 42.1 Å². The number of fused-ring (bicyclic) bond motifs is 3. The summed E-state index contributed by atoms with van der Waals surface area (Å²) in [6.45, 7) is 2.61. The summed E-state index contributed by atoms with van der Waals surface area (Å²) >= 11 is 0. The van der Waals surface area contributed by atoms with Crippen molar-refractivity contribution in [3.05, 3.63) is 53.7 Å². The number of benzene rings is 2. The van der Waals surface area contributed by atoms with E-state index in [1.54, 1.807) is 14.2 Å². The Hall–Kier alpha value is -3.15. The third kappa shape index (κ3) is 2.46. The number of hydrogen-bond donors (Lipinski definition) is 0. The summed E-state index contributed by atoms with van der Waals surface area (Å²) in [6, 6.07) is 12.1. The molecule has 0 bridgehead atoms. The molecule has 0 saturated heterocycles. The van der Waals surface area contributed by atoms with Crippen molar-refractivity contribution < 1.29 is 9.47 Å². The molecule has 4 rings (SSSR count). The summed E-state index contributed by atoms with van der Waals surface area (Å²) < 4.78 is 12.8. The molecule has 0 N–H and O–H groups in total. The summed E-state index contributed by atoms with van der Waals surface area (Å²) in [5.74, 6) is 1.36. The zero-order valence-electron chi connectivity index (χ0n) is 14.4. The van der Waals surface area contributed by atoms with Gasteiger partial charge in [0, 0.05) is 10.9 Å². The summed E-state index contributed by atoms with van der Waals surface area (Å²) in [5.41, 5.74) is 3.62. The quantitative estimate of drug-likeness (QED) is 0.573. The Labute approximate surface area is 145 Å². The van der Waals surface area contributed by atoms with Gasteiger partial charge in [0.25, 0.3) is 0 Å². The largest absolute Gasteiger partial charge is 0.493 e. The molecule has 25 heavy (non-hydrogen) atoms. The monoisotopic (exact) mass is 334 g/mol. The van der Waals surface area contributed by atoms with Crippen molar-refractivity contribution in [3.63, 3.8) is 0 Å². The van der Waals surface area contributed by atoms with Crippen molar-refractivity contribution in [2.45, 2.75) is 13.5 Å². The van der Waals surface area contributed by atoms with Crippen LogP contribution in [0.25, 0.3) is 21.9 Å². The van der Waals surface area contributed by atoms with Crippen LogP contribution in [-0.2, 0) is 6.54 Å². The molecule has 0 fully saturated rings. The molecule has 0 unspecified atom stereocenters. The van der Waals surface area contributed by atoms with Crippen LogP contribution in [0.2, 0.25) is 0 Å². The second-order valence-corrected chi connectivity index (χ2v) is 5.86. The van der Waals surface area contributed by atoms with Gasteiger partial charge in [0.05, 0.1) is 32.3 Å². The molecule has 0 atom stereocenters. The lowest BCUT2D eigenvalue weighted by molar-refractivity contribution is 0.354. The van der Waals surface area contributed by atoms with E-state index in [4.69, 9.17) is 9.47 Å². The lowest BCUT2D eigenvalue weighted by atomic mass is 10.1. The second kappa shape index (κ2) is 6.05. The molecular weight excluding hydrogens is 316 g/mol. The molecule has 0 aliphatic heterocycles. The maximum absolute atomic E-state index is 5.48. The van der Waals surface area contributed by atoms with Gasteiger partial charge in [0.15, 0.2) is 17.1 Å². The maximum Gasteiger partial charge on any atom is 0.181 e. The fourth-order valence-corrected chi connectivity index (χ4v) is 3.14. The highest BCUT2D eigenvalue weighted by Crippen LogP contribution is 2.37. The lowest BCUT2D eigenvalue weighted by Gasteiger charge is -2.12. The number of aromatic nitrogens is 4. The maximum atomic E-state index is 5.48. The van der Waals surface area contributed by atoms with Crippen molar-refractivity contribution in [2.75, 3.05) is 14.2 Å². The van der Waals surface area contributed by atoms with Crippen LogP contribution in [0.1, 0.15) is 11.1 Å². The van der Waals surface area contributed by atoms with Gasteiger partial charge in [-0.3, -0.25) is 0 Å². The molecule has 2 aromatic carbocycles. The lowest BCUT2D eigenvalue weighted by Crippen LogP contribution is -2.03. The average Bonchev–Trinajstić information content (AvgIpc) is 3.05. The molecular formula is C19H18N4O2. The summed E-state index contributed by atoms with van der Waals surface area (Å²) in [4.78, 5) is 0. The standard InChI is InChI=1S/C19H18N4O2/c1-12-17-14(9-16(24-2)18(12)25-3)15-10-20-23(19(15)22-21-17)11-13-7-5-4-6-8-13/h4-10H,11H2,1-3H3. The van der Waals surface area contributed by atoms with E-state index in [0.29, 0.717) is 18.0 Å². The van der Waals surface area contributed by atoms with Crippen molar-refractivity contribution in [1.29, 1.82) is 0 Å². The Morgan fingerprint density at radius 1 is 1.00 bits per heavy atom. The Kier molecular flexibility index (Phi) is 3.72. The first-order valence-corrected chi connectivity index (χ1v) is 8.00. The number of ether oxygens (including phenoxy) is 2. The van der Waals surface area contributed by atoms with Gasteiger partial charge in [0.2, 0.25) is 0 Å². The Morgan fingerprint density at radius 2 is 1.80 bits per heavy atom. The predicted octanol–water partition coefficient (Wildman–Crippen LogP) is 3.35. The van der Waals surface area contributed by atoms with Crippen LogP contribution in [-0.4, -0.2) is 34.2 Å². The molecule has 2 heterocycles. The first-order valence-electron chi connectivity index (χ1n) is 8.00. The first kappa shape index (κ1) is 15.4. The number of methoxy groups -OCH3 is 2. The molecule has 0 aliphatic carbocycles. The van der Waals surface area contributed by atoms with Gasteiger partial charge in [-0.25, -0.2) is 4.68 Å². The van der Waals surface area contributed by atoms with E-state index in [1.165, 1.54) is 0 Å². The first-order chi connectivity index (χ1) is 12.2. The van der Waals surface area contributed by atoms with E-state index in [9.17, 15) is 0 Å². The number of nitrogens with zero attached hydrogens (tertiary/aromatic N) is 4. The summed E-state index contributed by atoms with van der Waals surface area (Å²) in [5, 5.41) is 15.2. The zero-order chi connectivity index (χ0) is 17.4. The van der Waals surface area contributed by atoms with E-state index in [-0.39, 0.29) is 0 Å². The molecule has 0 radical (unpaired) electrons. The van der Waals surface area contributed by atoms with Crippen molar-refractivity contribution >= 4 is 21.9 Å². The van der Waals surface area contributed by atoms with Crippen molar-refractivity contribution in [2.24, 2.45) is 0 Å². The van der Waals surface area contributed by atoms with Crippen LogP contribution < -0.4 is 9.47 Å². The third-order valence-corrected chi connectivity index (χ3v) is 4.40. The Balaban J connectivity index is 1.91. The Morgan fingerprint density at radius 3 is 2.52 bits per heavy atom. The van der Waals surface area contributed by atoms with Crippen LogP contribution in [0.5, 0.6) is 11.5 Å². The van der Waals surface area contributed by atoms with Crippen LogP contribution >= 0.6 is 0 Å². The van der Waals surface area contributed by atoms with Crippen molar-refractivity contribution in [3.8, 4) is 11.5 Å². The highest BCUT2D eigenvalue weighted by atomic mass is 16.5. The smallest absolute Gasteiger partial charge is 0.181 e. The number of rotatable bonds is 4. The molecule has 6 nitrogen and oxygen atoms in total. The molecule has 0 saturated carbocycles. The molecule has 6 heteroatoms. The summed E-state index contributed by atoms with van der Waals surface area (Å²) in [6.07, 6.45) is 1.83. The van der Waals surface area contributed by atoms with Gasteiger partial charge in [-0.05, 0) is 18.6 Å². The van der Waals surface area contributed by atoms with Gasteiger partial charge >= 0.3 is 0 Å². The zero-order valence-corrected chi connectivity index (χ0v) is 14.4. The second-order valence-electron chi connectivity index (χ2n) is 5.86. The molecule has 126 valence electrons. The van der Waals surface area contributed by atoms with Crippen LogP contribution in [0, 0.1) is 6.92 Å². The van der Waals surface area contributed by atoms with E-state index < -0.39 is 0 Å². The van der Waals surface area contributed by atoms with E-state index in [2.05, 4.69) is 27.4 Å². The summed E-state index contributed by atoms with van der Waals surface area (Å²) in [7, 11) is 3.26. The minimum atomic E-state index is 0.650. The number of hydrogen-bond acceptors (Lipinski definition) is 5. The minimum Gasteiger partial charge on any atom is -0.493 e. The number of aryl methyl sites for hydroxylation is 1. The fourth-order valence-electron chi connectivity index (χ4n) is 3.14. The molecule has 0 amide bonds. The topological polar surface area (TPSA) is 62.1 Å². The van der Waals surface area contributed by atoms with Crippen molar-refractivity contribution in [1.82, 2.24) is 20.0 Å². The fraction of sp³-hybridized carbons (Fsp3) is 0.211. The molecule has 4 aromatic rings. The molecule has 0 spiro atoms. The third-order valence-electron chi connectivity index (χ3n) is 4.40.